The van der Waals surface area contributed by atoms with Crippen molar-refractivity contribution in [1.82, 2.24) is 0 Å². The summed E-state index contributed by atoms with van der Waals surface area (Å²) in [5, 5.41) is 18.7. The zero-order valence-electron chi connectivity index (χ0n) is 9.94. The van der Waals surface area contributed by atoms with Crippen LogP contribution in [0, 0.1) is 0 Å². The lowest BCUT2D eigenvalue weighted by Gasteiger charge is -2.17. The van der Waals surface area contributed by atoms with E-state index in [4.69, 9.17) is 20.3 Å². The first-order valence-electron chi connectivity index (χ1n) is 5.03. The molecule has 0 saturated carbocycles. The molecule has 6 nitrogen and oxygen atoms in total. The predicted molar refractivity (Wildman–Crippen MR) is 68.1 cm³/mol. The highest BCUT2D eigenvalue weighted by Crippen LogP contribution is 2.45. The topological polar surface area (TPSA) is 102 Å². The highest BCUT2D eigenvalue weighted by Gasteiger charge is 2.22. The maximum atomic E-state index is 10.6. The molecule has 0 spiro atoms. The van der Waals surface area contributed by atoms with Gasteiger partial charge in [-0.3, -0.25) is 4.79 Å². The Kier molecular flexibility index (Phi) is 4.80. The van der Waals surface area contributed by atoms with Gasteiger partial charge in [-0.05, 0) is 22.0 Å². The van der Waals surface area contributed by atoms with Crippen LogP contribution in [-0.4, -0.2) is 30.4 Å². The van der Waals surface area contributed by atoms with Crippen molar-refractivity contribution in [3.63, 3.8) is 0 Å². The molecule has 1 unspecified atom stereocenters. The number of benzene rings is 1. The third-order valence-electron chi connectivity index (χ3n) is 2.41. The molecular formula is C11H14BrNO5. The van der Waals surface area contributed by atoms with E-state index in [-0.39, 0.29) is 22.2 Å². The van der Waals surface area contributed by atoms with Crippen molar-refractivity contribution in [3.8, 4) is 17.2 Å². The smallest absolute Gasteiger partial charge is 0.305 e. The van der Waals surface area contributed by atoms with Crippen LogP contribution < -0.4 is 15.2 Å². The Morgan fingerprint density at radius 2 is 2.11 bits per heavy atom. The van der Waals surface area contributed by atoms with Gasteiger partial charge in [-0.25, -0.2) is 0 Å². The SMILES string of the molecule is COc1cc(C(N)CC(=O)O)c(O)c(Br)c1OC. The van der Waals surface area contributed by atoms with E-state index in [2.05, 4.69) is 15.9 Å². The highest BCUT2D eigenvalue weighted by molar-refractivity contribution is 9.10. The maximum absolute atomic E-state index is 10.6. The van der Waals surface area contributed by atoms with Crippen LogP contribution in [0.5, 0.6) is 17.2 Å². The van der Waals surface area contributed by atoms with Crippen LogP contribution >= 0.6 is 15.9 Å². The normalized spacial score (nSPS) is 12.0. The fraction of sp³-hybridized carbons (Fsp3) is 0.364. The van der Waals surface area contributed by atoms with Crippen molar-refractivity contribution in [3.05, 3.63) is 16.1 Å². The van der Waals surface area contributed by atoms with Crippen LogP contribution in [0.2, 0.25) is 0 Å². The Morgan fingerprint density at radius 3 is 2.56 bits per heavy atom. The van der Waals surface area contributed by atoms with Crippen LogP contribution in [0.4, 0.5) is 0 Å². The fourth-order valence-corrected chi connectivity index (χ4v) is 2.13. The molecule has 0 bridgehead atoms. The van der Waals surface area contributed by atoms with Gasteiger partial charge in [0, 0.05) is 11.6 Å². The van der Waals surface area contributed by atoms with Gasteiger partial charge >= 0.3 is 5.97 Å². The highest BCUT2D eigenvalue weighted by atomic mass is 79.9. The number of hydrogen-bond donors (Lipinski definition) is 3. The van der Waals surface area contributed by atoms with E-state index in [9.17, 15) is 9.90 Å². The van der Waals surface area contributed by atoms with Crippen LogP contribution in [0.1, 0.15) is 18.0 Å². The van der Waals surface area contributed by atoms with Gasteiger partial charge in [0.1, 0.15) is 10.2 Å². The second-order valence-corrected chi connectivity index (χ2v) is 4.36. The summed E-state index contributed by atoms with van der Waals surface area (Å²) in [6.07, 6.45) is -0.296. The van der Waals surface area contributed by atoms with Crippen molar-refractivity contribution in [2.45, 2.75) is 12.5 Å². The number of methoxy groups -OCH3 is 2. The summed E-state index contributed by atoms with van der Waals surface area (Å²) in [6, 6.07) is 0.630. The molecule has 0 amide bonds. The number of hydrogen-bond acceptors (Lipinski definition) is 5. The van der Waals surface area contributed by atoms with Crippen molar-refractivity contribution in [2.24, 2.45) is 5.73 Å². The lowest BCUT2D eigenvalue weighted by molar-refractivity contribution is -0.137. The second-order valence-electron chi connectivity index (χ2n) is 3.57. The van der Waals surface area contributed by atoms with Gasteiger partial charge in [-0.1, -0.05) is 0 Å². The fourth-order valence-electron chi connectivity index (χ4n) is 1.54. The number of nitrogens with two attached hydrogens (primary N) is 1. The molecule has 1 atom stereocenters. The van der Waals surface area contributed by atoms with Crippen LogP contribution in [0.25, 0.3) is 0 Å². The van der Waals surface area contributed by atoms with E-state index in [1.807, 2.05) is 0 Å². The Bertz CT molecular complexity index is 463. The van der Waals surface area contributed by atoms with Crippen LogP contribution in [-0.2, 0) is 4.79 Å². The molecule has 7 heteroatoms. The minimum absolute atomic E-state index is 0.151. The van der Waals surface area contributed by atoms with Gasteiger partial charge in [0.2, 0.25) is 0 Å². The van der Waals surface area contributed by atoms with Gasteiger partial charge < -0.3 is 25.4 Å². The molecule has 0 radical (unpaired) electrons. The Labute approximate surface area is 112 Å². The summed E-state index contributed by atoms with van der Waals surface area (Å²) < 4.78 is 10.5. The maximum Gasteiger partial charge on any atom is 0.305 e. The van der Waals surface area contributed by atoms with Gasteiger partial charge in [0.05, 0.1) is 20.6 Å². The molecule has 1 aromatic carbocycles. The molecule has 1 rings (SSSR count). The Balaban J connectivity index is 3.29. The standard InChI is InChI=1S/C11H14BrNO5/c1-17-7-3-5(6(13)4-8(14)15)10(16)9(12)11(7)18-2/h3,6,16H,4,13H2,1-2H3,(H,14,15). The molecule has 100 valence electrons. The van der Waals surface area contributed by atoms with Crippen molar-refractivity contribution in [1.29, 1.82) is 0 Å². The molecule has 0 aromatic heterocycles. The van der Waals surface area contributed by atoms with Crippen LogP contribution in [0.15, 0.2) is 10.5 Å². The van der Waals surface area contributed by atoms with E-state index < -0.39 is 12.0 Å². The lowest BCUT2D eigenvalue weighted by atomic mass is 10.0. The number of phenols is 1. The molecule has 0 aliphatic heterocycles. The molecule has 0 aliphatic carbocycles. The number of aromatic hydroxyl groups is 1. The first-order chi connectivity index (χ1) is 8.42. The summed E-state index contributed by atoms with van der Waals surface area (Å²) in [5.74, 6) is -0.520. The number of rotatable bonds is 5. The molecular weight excluding hydrogens is 306 g/mol. The molecule has 0 saturated heterocycles. The number of carboxylic acids is 1. The Hall–Kier alpha value is -1.47. The largest absolute Gasteiger partial charge is 0.506 e. The summed E-state index contributed by atoms with van der Waals surface area (Å²) >= 11 is 3.16. The summed E-state index contributed by atoms with van der Waals surface area (Å²) in [7, 11) is 2.87. The number of carboxylic acid groups (broad SMARTS) is 1. The Morgan fingerprint density at radius 1 is 1.50 bits per heavy atom. The van der Waals surface area contributed by atoms with E-state index in [0.29, 0.717) is 11.5 Å². The molecule has 1 aromatic rings. The van der Waals surface area contributed by atoms with Gasteiger partial charge in [0.25, 0.3) is 0 Å². The van der Waals surface area contributed by atoms with Crippen molar-refractivity contribution < 1.29 is 24.5 Å². The zero-order chi connectivity index (χ0) is 13.9. The third-order valence-corrected chi connectivity index (χ3v) is 3.14. The first kappa shape index (κ1) is 14.6. The van der Waals surface area contributed by atoms with Crippen molar-refractivity contribution in [2.75, 3.05) is 14.2 Å². The zero-order valence-corrected chi connectivity index (χ0v) is 11.5. The number of aliphatic carboxylic acids is 1. The third kappa shape index (κ3) is 2.85. The monoisotopic (exact) mass is 319 g/mol. The average molecular weight is 320 g/mol. The second kappa shape index (κ2) is 5.92. The molecule has 0 fully saturated rings. The van der Waals surface area contributed by atoms with Crippen LogP contribution in [0.3, 0.4) is 0 Å². The van der Waals surface area contributed by atoms with Gasteiger partial charge in [-0.15, -0.1) is 0 Å². The summed E-state index contributed by atoms with van der Waals surface area (Å²) in [6.45, 7) is 0. The predicted octanol–water partition coefficient (Wildman–Crippen LogP) is 1.65. The van der Waals surface area contributed by atoms with Crippen molar-refractivity contribution >= 4 is 21.9 Å². The van der Waals surface area contributed by atoms with E-state index in [1.54, 1.807) is 0 Å². The molecule has 4 N–H and O–H groups in total. The van der Waals surface area contributed by atoms with E-state index in [1.165, 1.54) is 20.3 Å². The van der Waals surface area contributed by atoms with E-state index >= 15 is 0 Å². The van der Waals surface area contributed by atoms with Gasteiger partial charge in [-0.2, -0.15) is 0 Å². The number of carbonyl (C=O) groups is 1. The molecule has 0 aliphatic rings. The molecule has 0 heterocycles. The lowest BCUT2D eigenvalue weighted by Crippen LogP contribution is -2.15. The first-order valence-corrected chi connectivity index (χ1v) is 5.82. The minimum atomic E-state index is -1.05. The van der Waals surface area contributed by atoms with Gasteiger partial charge in [0.15, 0.2) is 11.5 Å². The van der Waals surface area contributed by atoms with E-state index in [0.717, 1.165) is 0 Å². The number of phenolic OH excluding ortho intramolecular Hbond substituents is 1. The average Bonchev–Trinajstić information content (AvgIpc) is 2.31. The number of ether oxygens (including phenoxy) is 2. The summed E-state index contributed by atoms with van der Waals surface area (Å²) in [4.78, 5) is 10.6. The quantitative estimate of drug-likeness (QED) is 0.762. The number of halogens is 1. The minimum Gasteiger partial charge on any atom is -0.506 e. The molecule has 18 heavy (non-hydrogen) atoms. The summed E-state index contributed by atoms with van der Waals surface area (Å²) in [5.41, 5.74) is 6.00.